The predicted octanol–water partition coefficient (Wildman–Crippen LogP) is 5.21. The van der Waals surface area contributed by atoms with Crippen molar-refractivity contribution < 1.29 is 4.74 Å². The number of anilines is 4. The maximum Gasteiger partial charge on any atom is 0.325 e. The van der Waals surface area contributed by atoms with Crippen LogP contribution >= 0.6 is 11.6 Å². The van der Waals surface area contributed by atoms with Gasteiger partial charge in [0.1, 0.15) is 17.4 Å². The molecule has 6 rings (SSSR count). The summed E-state index contributed by atoms with van der Waals surface area (Å²) < 4.78 is 6.15. The lowest BCUT2D eigenvalue weighted by molar-refractivity contribution is 0.443. The number of H-pyrrole nitrogens is 2. The number of benzene rings is 1. The van der Waals surface area contributed by atoms with Gasteiger partial charge in [-0.1, -0.05) is 11.6 Å². The topological polar surface area (TPSA) is 111 Å². The summed E-state index contributed by atoms with van der Waals surface area (Å²) >= 11 is 6.69. The van der Waals surface area contributed by atoms with Gasteiger partial charge in [0.15, 0.2) is 5.82 Å². The highest BCUT2D eigenvalue weighted by Crippen LogP contribution is 2.36. The molecule has 1 saturated heterocycles. The molecule has 4 aromatic heterocycles. The van der Waals surface area contributed by atoms with E-state index in [0.717, 1.165) is 60.0 Å². The van der Waals surface area contributed by atoms with E-state index in [9.17, 15) is 0 Å². The third kappa shape index (κ3) is 4.88. The van der Waals surface area contributed by atoms with Gasteiger partial charge in [-0.3, -0.25) is 10.1 Å². The van der Waals surface area contributed by atoms with Crippen molar-refractivity contribution in [3.8, 4) is 11.8 Å². The Balaban J connectivity index is 1.29. The van der Waals surface area contributed by atoms with Gasteiger partial charge in [0, 0.05) is 66.8 Å². The number of aryl methyl sites for hydroxylation is 2. The largest absolute Gasteiger partial charge is 0.423 e. The predicted molar refractivity (Wildman–Crippen MR) is 145 cm³/mol. The average molecular weight is 516 g/mol. The van der Waals surface area contributed by atoms with Crippen molar-refractivity contribution in [2.45, 2.75) is 13.8 Å². The monoisotopic (exact) mass is 515 g/mol. The van der Waals surface area contributed by atoms with Crippen LogP contribution in [0.3, 0.4) is 0 Å². The van der Waals surface area contributed by atoms with Crippen LogP contribution in [0.4, 0.5) is 23.1 Å². The summed E-state index contributed by atoms with van der Waals surface area (Å²) in [5.41, 5.74) is 4.04. The van der Waals surface area contributed by atoms with Crippen molar-refractivity contribution in [2.75, 3.05) is 41.3 Å². The molecule has 1 aliphatic rings. The van der Waals surface area contributed by atoms with E-state index in [0.29, 0.717) is 22.4 Å². The molecule has 0 bridgehead atoms. The van der Waals surface area contributed by atoms with Gasteiger partial charge in [-0.2, -0.15) is 15.1 Å². The first-order chi connectivity index (χ1) is 18.0. The normalized spacial score (nSPS) is 13.8. The van der Waals surface area contributed by atoms with Crippen molar-refractivity contribution in [1.29, 1.82) is 0 Å². The molecule has 5 aromatic rings. The maximum absolute atomic E-state index is 6.69. The van der Waals surface area contributed by atoms with E-state index in [1.54, 1.807) is 6.20 Å². The standard InChI is InChI=1S/C26H26ClN9O/c1-16-12-19-20(29-16)5-6-21(25(19)27)37-26-31-22(30-23-13-17(2)33-34-23)14-24(32-26)36-10-8-35(9-11-36)18-4-3-7-28-15-18/h3-7,12-15,29H,8-11H2,1-2H3,(H2,30,31,32,33,34). The molecule has 0 atom stereocenters. The molecule has 0 radical (unpaired) electrons. The van der Waals surface area contributed by atoms with Crippen molar-refractivity contribution in [3.05, 3.63) is 71.3 Å². The number of hydrogen-bond donors (Lipinski definition) is 3. The number of rotatable bonds is 6. The van der Waals surface area contributed by atoms with E-state index in [1.165, 1.54) is 0 Å². The third-order valence-electron chi connectivity index (χ3n) is 6.31. The molecule has 1 aliphatic heterocycles. The second kappa shape index (κ2) is 9.62. The van der Waals surface area contributed by atoms with Crippen molar-refractivity contribution in [1.82, 2.24) is 30.1 Å². The number of pyridine rings is 1. The molecule has 5 heterocycles. The molecule has 37 heavy (non-hydrogen) atoms. The first kappa shape index (κ1) is 23.1. The van der Waals surface area contributed by atoms with Crippen LogP contribution in [0, 0.1) is 13.8 Å². The Bertz CT molecular complexity index is 1540. The number of piperazine rings is 1. The van der Waals surface area contributed by atoms with Gasteiger partial charge in [-0.25, -0.2) is 0 Å². The van der Waals surface area contributed by atoms with Crippen LogP contribution in [-0.2, 0) is 0 Å². The summed E-state index contributed by atoms with van der Waals surface area (Å²) in [5.74, 6) is 2.50. The molecule has 10 nitrogen and oxygen atoms in total. The van der Waals surface area contributed by atoms with Gasteiger partial charge < -0.3 is 24.8 Å². The lowest BCUT2D eigenvalue weighted by atomic mass is 10.2. The molecule has 0 saturated carbocycles. The zero-order valence-electron chi connectivity index (χ0n) is 20.5. The molecule has 1 fully saturated rings. The van der Waals surface area contributed by atoms with Gasteiger partial charge in [-0.05, 0) is 44.2 Å². The van der Waals surface area contributed by atoms with Gasteiger partial charge in [0.25, 0.3) is 0 Å². The lowest BCUT2D eigenvalue weighted by Gasteiger charge is -2.36. The fourth-order valence-corrected chi connectivity index (χ4v) is 4.76. The summed E-state index contributed by atoms with van der Waals surface area (Å²) in [5, 5.41) is 11.9. The Morgan fingerprint density at radius 3 is 2.54 bits per heavy atom. The minimum atomic E-state index is 0.204. The number of fused-ring (bicyclic) bond motifs is 1. The summed E-state index contributed by atoms with van der Waals surface area (Å²) in [6.07, 6.45) is 3.69. The van der Waals surface area contributed by atoms with E-state index in [1.807, 2.05) is 56.4 Å². The first-order valence-electron chi connectivity index (χ1n) is 12.1. The molecule has 11 heteroatoms. The first-order valence-corrected chi connectivity index (χ1v) is 12.4. The summed E-state index contributed by atoms with van der Waals surface area (Å²) in [7, 11) is 0. The van der Waals surface area contributed by atoms with Gasteiger partial charge >= 0.3 is 6.01 Å². The number of aromatic amines is 2. The highest BCUT2D eigenvalue weighted by atomic mass is 35.5. The average Bonchev–Trinajstić information content (AvgIpc) is 3.51. The zero-order chi connectivity index (χ0) is 25.4. The summed E-state index contributed by atoms with van der Waals surface area (Å²) in [6, 6.07) is 13.8. The van der Waals surface area contributed by atoms with Crippen molar-refractivity contribution in [3.63, 3.8) is 0 Å². The number of ether oxygens (including phenoxy) is 1. The Hall–Kier alpha value is -4.31. The highest BCUT2D eigenvalue weighted by molar-refractivity contribution is 6.37. The molecule has 188 valence electrons. The fourth-order valence-electron chi connectivity index (χ4n) is 4.50. The van der Waals surface area contributed by atoms with Crippen LogP contribution in [0.25, 0.3) is 10.9 Å². The van der Waals surface area contributed by atoms with Crippen molar-refractivity contribution >= 4 is 45.6 Å². The smallest absolute Gasteiger partial charge is 0.325 e. The number of hydrogen-bond acceptors (Lipinski definition) is 8. The van der Waals surface area contributed by atoms with Crippen LogP contribution in [0.15, 0.2) is 54.9 Å². The molecule has 0 aliphatic carbocycles. The minimum absolute atomic E-state index is 0.204. The SMILES string of the molecule is Cc1cc(Nc2cc(N3CCN(c4cccnc4)CC3)nc(Oc3ccc4[nH]c(C)cc4c3Cl)n2)n[nH]1. The van der Waals surface area contributed by atoms with Crippen LogP contribution in [0.1, 0.15) is 11.4 Å². The second-order valence-electron chi connectivity index (χ2n) is 9.03. The van der Waals surface area contributed by atoms with E-state index in [4.69, 9.17) is 21.3 Å². The van der Waals surface area contributed by atoms with Gasteiger partial charge in [-0.15, -0.1) is 0 Å². The number of nitrogens with one attached hydrogen (secondary N) is 3. The molecular weight excluding hydrogens is 490 g/mol. The van der Waals surface area contributed by atoms with Crippen molar-refractivity contribution in [2.24, 2.45) is 0 Å². The van der Waals surface area contributed by atoms with Gasteiger partial charge in [0.2, 0.25) is 0 Å². The molecular formula is C26H26ClN9O. The maximum atomic E-state index is 6.69. The zero-order valence-corrected chi connectivity index (χ0v) is 21.3. The Kier molecular flexibility index (Phi) is 6.01. The van der Waals surface area contributed by atoms with Crippen LogP contribution in [0.5, 0.6) is 11.8 Å². The van der Waals surface area contributed by atoms with E-state index >= 15 is 0 Å². The Morgan fingerprint density at radius 1 is 0.946 bits per heavy atom. The molecule has 1 aromatic carbocycles. The number of nitrogens with zero attached hydrogens (tertiary/aromatic N) is 6. The number of aromatic nitrogens is 6. The molecule has 0 amide bonds. The van der Waals surface area contributed by atoms with Gasteiger partial charge in [0.05, 0.1) is 16.9 Å². The van der Waals surface area contributed by atoms with E-state index in [2.05, 4.69) is 46.3 Å². The summed E-state index contributed by atoms with van der Waals surface area (Å²) in [6.45, 7) is 7.22. The van der Waals surface area contributed by atoms with Crippen LogP contribution in [-0.4, -0.2) is 56.3 Å². The Labute approximate surface area is 218 Å². The minimum Gasteiger partial charge on any atom is -0.423 e. The van der Waals surface area contributed by atoms with Crippen LogP contribution in [0.2, 0.25) is 5.02 Å². The highest BCUT2D eigenvalue weighted by Gasteiger charge is 2.21. The quantitative estimate of drug-likeness (QED) is 0.282. The molecule has 0 unspecified atom stereocenters. The van der Waals surface area contributed by atoms with E-state index in [-0.39, 0.29) is 6.01 Å². The summed E-state index contributed by atoms with van der Waals surface area (Å²) in [4.78, 5) is 21.4. The fraction of sp³-hybridized carbons (Fsp3) is 0.231. The second-order valence-corrected chi connectivity index (χ2v) is 9.41. The third-order valence-corrected chi connectivity index (χ3v) is 6.70. The number of halogens is 1. The molecule has 0 spiro atoms. The lowest BCUT2D eigenvalue weighted by Crippen LogP contribution is -2.46. The Morgan fingerprint density at radius 2 is 1.78 bits per heavy atom. The van der Waals surface area contributed by atoms with Crippen LogP contribution < -0.4 is 19.9 Å². The van der Waals surface area contributed by atoms with E-state index < -0.39 is 0 Å². The molecule has 3 N–H and O–H groups in total.